The van der Waals surface area contributed by atoms with Gasteiger partial charge in [0, 0.05) is 42.0 Å². The molecule has 3 aromatic heterocycles. The highest BCUT2D eigenvalue weighted by molar-refractivity contribution is 5.95. The molecule has 0 aliphatic rings. The van der Waals surface area contributed by atoms with Crippen LogP contribution in [0.25, 0.3) is 22.7 Å². The lowest BCUT2D eigenvalue weighted by Crippen LogP contribution is -2.30. The molecular weight excluding hydrogens is 494 g/mol. The van der Waals surface area contributed by atoms with E-state index in [4.69, 9.17) is 4.42 Å². The van der Waals surface area contributed by atoms with Gasteiger partial charge in [0.15, 0.2) is 0 Å². The van der Waals surface area contributed by atoms with E-state index in [9.17, 15) is 22.4 Å². The van der Waals surface area contributed by atoms with Crippen LogP contribution >= 0.6 is 0 Å². The highest BCUT2D eigenvalue weighted by atomic mass is 19.4. The third kappa shape index (κ3) is 6.58. The Bertz CT molecular complexity index is 1350. The van der Waals surface area contributed by atoms with E-state index in [-0.39, 0.29) is 35.1 Å². The van der Waals surface area contributed by atoms with Gasteiger partial charge in [0.2, 0.25) is 11.7 Å². The molecule has 37 heavy (non-hydrogen) atoms. The van der Waals surface area contributed by atoms with Crippen LogP contribution in [0.4, 0.5) is 17.6 Å². The summed E-state index contributed by atoms with van der Waals surface area (Å²) in [6.07, 6.45) is 0.0887. The lowest BCUT2D eigenvalue weighted by Gasteiger charge is -2.18. The molecule has 0 aliphatic carbocycles. The maximum Gasteiger partial charge on any atom is 0.452 e. The molecule has 1 amide bonds. The van der Waals surface area contributed by atoms with E-state index in [1.807, 2.05) is 19.0 Å². The Kier molecular flexibility index (Phi) is 7.67. The predicted molar refractivity (Wildman–Crippen MR) is 125 cm³/mol. The van der Waals surface area contributed by atoms with E-state index in [2.05, 4.69) is 25.0 Å². The lowest BCUT2D eigenvalue weighted by atomic mass is 10.0. The molecule has 1 N–H and O–H groups in total. The Hall–Kier alpha value is -4.06. The number of pyridine rings is 1. The first-order valence-electron chi connectivity index (χ1n) is 11.2. The normalized spacial score (nSPS) is 12.6. The van der Waals surface area contributed by atoms with E-state index in [1.54, 1.807) is 12.1 Å². The first kappa shape index (κ1) is 26.0. The monoisotopic (exact) mass is 517 g/mol. The summed E-state index contributed by atoms with van der Waals surface area (Å²) in [5, 5.41) is 6.26. The van der Waals surface area contributed by atoms with Crippen molar-refractivity contribution >= 4 is 5.91 Å². The third-order valence-corrected chi connectivity index (χ3v) is 5.55. The molecule has 0 spiro atoms. The molecule has 0 fully saturated rings. The van der Waals surface area contributed by atoms with Crippen molar-refractivity contribution < 1.29 is 31.3 Å². The first-order chi connectivity index (χ1) is 17.6. The Morgan fingerprint density at radius 1 is 1.11 bits per heavy atom. The summed E-state index contributed by atoms with van der Waals surface area (Å²) < 4.78 is 61.7. The number of rotatable bonds is 9. The summed E-state index contributed by atoms with van der Waals surface area (Å²) in [5.41, 5.74) is 1.50. The summed E-state index contributed by atoms with van der Waals surface area (Å²) in [4.78, 5) is 23.3. The zero-order valence-electron chi connectivity index (χ0n) is 19.9. The molecule has 194 valence electrons. The van der Waals surface area contributed by atoms with Gasteiger partial charge in [-0.1, -0.05) is 5.16 Å². The molecule has 0 bridgehead atoms. The summed E-state index contributed by atoms with van der Waals surface area (Å²) in [6.45, 7) is 0.929. The van der Waals surface area contributed by atoms with Crippen LogP contribution in [0.3, 0.4) is 0 Å². The molecule has 12 heteroatoms. The molecule has 3 heterocycles. The van der Waals surface area contributed by atoms with E-state index < -0.39 is 17.8 Å². The third-order valence-electron chi connectivity index (χ3n) is 5.55. The smallest absolute Gasteiger partial charge is 0.444 e. The Morgan fingerprint density at radius 2 is 1.86 bits per heavy atom. The van der Waals surface area contributed by atoms with Crippen molar-refractivity contribution in [1.82, 2.24) is 25.3 Å². The van der Waals surface area contributed by atoms with Gasteiger partial charge in [0.1, 0.15) is 17.8 Å². The number of alkyl halides is 3. The fourth-order valence-electron chi connectivity index (χ4n) is 3.53. The number of amides is 1. The van der Waals surface area contributed by atoms with Crippen LogP contribution in [0.1, 0.15) is 34.2 Å². The number of carbonyl (C=O) groups is 1. The summed E-state index contributed by atoms with van der Waals surface area (Å²) >= 11 is 0. The number of nitrogens with one attached hydrogen (secondary N) is 1. The molecule has 4 aromatic rings. The fraction of sp³-hybridized carbons (Fsp3) is 0.280. The SMILES string of the molecule is CN(C)CCC(CNC(=O)c1cncc(-c2cc(C(F)(F)F)on2)c1)c1coc(-c2ccc(F)cc2)n1. The lowest BCUT2D eigenvalue weighted by molar-refractivity contribution is -0.155. The molecule has 0 aliphatic heterocycles. The molecule has 0 radical (unpaired) electrons. The van der Waals surface area contributed by atoms with Crippen molar-refractivity contribution in [3.05, 3.63) is 77.9 Å². The van der Waals surface area contributed by atoms with Crippen molar-refractivity contribution in [2.45, 2.75) is 18.5 Å². The number of hydrogen-bond donors (Lipinski definition) is 1. The van der Waals surface area contributed by atoms with E-state index in [1.165, 1.54) is 36.9 Å². The Balaban J connectivity index is 1.47. The maximum atomic E-state index is 13.2. The number of oxazole rings is 1. The fourth-order valence-corrected chi connectivity index (χ4v) is 3.53. The average molecular weight is 517 g/mol. The standard InChI is InChI=1S/C25H23F4N5O3/c1-34(2)8-7-16(21-14-36-24(32-21)15-3-5-19(26)6-4-15)13-31-23(35)18-9-17(11-30-12-18)20-10-22(37-33-20)25(27,28)29/h3-6,9-12,14,16H,7-8,13H2,1-2H3,(H,31,35). The average Bonchev–Trinajstić information content (AvgIpc) is 3.55. The van der Waals surface area contributed by atoms with Gasteiger partial charge in [-0.15, -0.1) is 0 Å². The van der Waals surface area contributed by atoms with Gasteiger partial charge in [0.25, 0.3) is 5.91 Å². The maximum absolute atomic E-state index is 13.2. The Labute approximate surface area is 209 Å². The minimum absolute atomic E-state index is 0.0887. The number of benzene rings is 1. The highest BCUT2D eigenvalue weighted by Gasteiger charge is 2.36. The second kappa shape index (κ2) is 10.9. The topological polar surface area (TPSA) is 97.3 Å². The second-order valence-corrected chi connectivity index (χ2v) is 8.62. The van der Waals surface area contributed by atoms with Gasteiger partial charge in [-0.05, 0) is 57.4 Å². The van der Waals surface area contributed by atoms with Crippen LogP contribution in [0.2, 0.25) is 0 Å². The van der Waals surface area contributed by atoms with Gasteiger partial charge in [-0.3, -0.25) is 9.78 Å². The van der Waals surface area contributed by atoms with Crippen molar-refractivity contribution in [1.29, 1.82) is 0 Å². The number of carbonyl (C=O) groups excluding carboxylic acids is 1. The molecular formula is C25H23F4N5O3. The number of hydrogen-bond acceptors (Lipinski definition) is 7. The van der Waals surface area contributed by atoms with Gasteiger partial charge in [-0.2, -0.15) is 13.2 Å². The van der Waals surface area contributed by atoms with Crippen molar-refractivity contribution in [2.24, 2.45) is 0 Å². The first-order valence-corrected chi connectivity index (χ1v) is 11.2. The van der Waals surface area contributed by atoms with Crippen LogP contribution in [-0.4, -0.2) is 53.1 Å². The summed E-state index contributed by atoms with van der Waals surface area (Å²) in [5.74, 6) is -1.95. The minimum Gasteiger partial charge on any atom is -0.444 e. The highest BCUT2D eigenvalue weighted by Crippen LogP contribution is 2.32. The zero-order chi connectivity index (χ0) is 26.6. The number of halogens is 4. The van der Waals surface area contributed by atoms with E-state index in [0.717, 1.165) is 6.07 Å². The van der Waals surface area contributed by atoms with Crippen molar-refractivity contribution in [3.8, 4) is 22.7 Å². The van der Waals surface area contributed by atoms with Crippen LogP contribution in [0, 0.1) is 5.82 Å². The van der Waals surface area contributed by atoms with Gasteiger partial charge >= 0.3 is 6.18 Å². The van der Waals surface area contributed by atoms with Crippen molar-refractivity contribution in [3.63, 3.8) is 0 Å². The number of aromatic nitrogens is 3. The largest absolute Gasteiger partial charge is 0.452 e. The molecule has 8 nitrogen and oxygen atoms in total. The molecule has 0 saturated heterocycles. The van der Waals surface area contributed by atoms with E-state index in [0.29, 0.717) is 30.1 Å². The van der Waals surface area contributed by atoms with Gasteiger partial charge in [0.05, 0.1) is 11.3 Å². The predicted octanol–water partition coefficient (Wildman–Crippen LogP) is 5.01. The quantitative estimate of drug-likeness (QED) is 0.312. The Morgan fingerprint density at radius 3 is 2.54 bits per heavy atom. The van der Waals surface area contributed by atoms with E-state index >= 15 is 0 Å². The van der Waals surface area contributed by atoms with Crippen LogP contribution in [0.5, 0.6) is 0 Å². The number of nitrogens with zero attached hydrogens (tertiary/aromatic N) is 4. The second-order valence-electron chi connectivity index (χ2n) is 8.62. The molecule has 0 saturated carbocycles. The van der Waals surface area contributed by atoms with Crippen LogP contribution in [-0.2, 0) is 6.18 Å². The molecule has 4 rings (SSSR count). The minimum atomic E-state index is -4.67. The van der Waals surface area contributed by atoms with Gasteiger partial charge < -0.3 is 19.2 Å². The van der Waals surface area contributed by atoms with Crippen molar-refractivity contribution in [2.75, 3.05) is 27.2 Å². The van der Waals surface area contributed by atoms with Gasteiger partial charge in [-0.25, -0.2) is 9.37 Å². The van der Waals surface area contributed by atoms with Crippen LogP contribution < -0.4 is 5.32 Å². The van der Waals surface area contributed by atoms with Crippen LogP contribution in [0.15, 0.2) is 64.0 Å². The molecule has 1 aromatic carbocycles. The zero-order valence-corrected chi connectivity index (χ0v) is 19.9. The molecule has 1 atom stereocenters. The molecule has 1 unspecified atom stereocenters. The summed E-state index contributed by atoms with van der Waals surface area (Å²) in [7, 11) is 3.85. The summed E-state index contributed by atoms with van der Waals surface area (Å²) in [6, 6.07) is 7.89.